The molecule has 0 saturated carbocycles. The summed E-state index contributed by atoms with van der Waals surface area (Å²) in [5.41, 5.74) is 8.47. The third kappa shape index (κ3) is 2.49. The molecule has 1 aromatic carbocycles. The summed E-state index contributed by atoms with van der Waals surface area (Å²) in [6.45, 7) is 0. The van der Waals surface area contributed by atoms with Crippen molar-refractivity contribution in [1.29, 1.82) is 0 Å². The van der Waals surface area contributed by atoms with Gasteiger partial charge in [-0.2, -0.15) is 0 Å². The van der Waals surface area contributed by atoms with Crippen molar-refractivity contribution in [2.75, 3.05) is 12.4 Å². The first-order chi connectivity index (χ1) is 8.47. The topological polar surface area (TPSA) is 101 Å². The molecule has 1 aliphatic heterocycles. The molecule has 1 heterocycles. The van der Waals surface area contributed by atoms with Crippen LogP contribution in [-0.4, -0.2) is 29.9 Å². The minimum Gasteiger partial charge on any atom is -0.326 e. The monoisotopic (exact) mass is 248 g/mol. The number of hydrazine groups is 1. The van der Waals surface area contributed by atoms with Crippen LogP contribution in [0.1, 0.15) is 11.1 Å². The van der Waals surface area contributed by atoms with Crippen molar-refractivity contribution in [1.82, 2.24) is 5.01 Å². The highest BCUT2D eigenvalue weighted by Gasteiger charge is 2.20. The first-order valence-corrected chi connectivity index (χ1v) is 5.67. The van der Waals surface area contributed by atoms with Crippen LogP contribution in [0.2, 0.25) is 0 Å². The summed E-state index contributed by atoms with van der Waals surface area (Å²) < 4.78 is 0. The Kier molecular flexibility index (Phi) is 3.31. The predicted molar refractivity (Wildman–Crippen MR) is 67.4 cm³/mol. The zero-order chi connectivity index (χ0) is 13.3. The maximum atomic E-state index is 11.5. The number of nitrogens with zero attached hydrogens (tertiary/aromatic N) is 1. The lowest BCUT2D eigenvalue weighted by Gasteiger charge is -2.16. The number of likely N-dealkylation sites (N-methyl/N-ethyl adjacent to an activating group) is 1. The van der Waals surface area contributed by atoms with E-state index < -0.39 is 6.04 Å². The zero-order valence-electron chi connectivity index (χ0n) is 10.1. The number of nitrogens with one attached hydrogen (secondary N) is 1. The number of nitrogens with two attached hydrogens (primary N) is 2. The van der Waals surface area contributed by atoms with Crippen LogP contribution >= 0.6 is 0 Å². The number of anilines is 1. The van der Waals surface area contributed by atoms with E-state index in [2.05, 4.69) is 5.32 Å². The number of rotatable bonds is 3. The highest BCUT2D eigenvalue weighted by atomic mass is 16.2. The van der Waals surface area contributed by atoms with Gasteiger partial charge in [0.15, 0.2) is 0 Å². The number of hydrogen-bond acceptors (Lipinski definition) is 4. The highest BCUT2D eigenvalue weighted by Crippen LogP contribution is 2.24. The van der Waals surface area contributed by atoms with Gasteiger partial charge in [0.1, 0.15) is 0 Å². The average molecular weight is 248 g/mol. The molecule has 6 nitrogen and oxygen atoms in total. The summed E-state index contributed by atoms with van der Waals surface area (Å²) >= 11 is 0. The molecule has 0 saturated heterocycles. The molecule has 0 bridgehead atoms. The van der Waals surface area contributed by atoms with Crippen LogP contribution in [0.25, 0.3) is 0 Å². The first kappa shape index (κ1) is 12.5. The van der Waals surface area contributed by atoms with Crippen LogP contribution in [0.5, 0.6) is 0 Å². The molecule has 6 heteroatoms. The van der Waals surface area contributed by atoms with Crippen molar-refractivity contribution in [2.24, 2.45) is 11.6 Å². The Morgan fingerprint density at radius 1 is 1.56 bits per heavy atom. The van der Waals surface area contributed by atoms with Crippen molar-refractivity contribution >= 4 is 17.5 Å². The number of amides is 2. The van der Waals surface area contributed by atoms with Gasteiger partial charge in [0.25, 0.3) is 5.91 Å². The molecular formula is C12H16N4O2. The van der Waals surface area contributed by atoms with Crippen LogP contribution in [-0.2, 0) is 22.4 Å². The largest absolute Gasteiger partial charge is 0.326 e. The summed E-state index contributed by atoms with van der Waals surface area (Å²) in [4.78, 5) is 22.8. The molecule has 18 heavy (non-hydrogen) atoms. The molecule has 1 atom stereocenters. The SMILES string of the molecule is CN(N)C(=O)C(N)Cc1ccc2c(c1)CC(=O)N2. The highest BCUT2D eigenvalue weighted by molar-refractivity contribution is 5.99. The second-order valence-electron chi connectivity index (χ2n) is 4.48. The number of fused-ring (bicyclic) bond motifs is 1. The molecule has 1 aliphatic rings. The van der Waals surface area contributed by atoms with Gasteiger partial charge in [-0.1, -0.05) is 12.1 Å². The van der Waals surface area contributed by atoms with Gasteiger partial charge >= 0.3 is 0 Å². The van der Waals surface area contributed by atoms with Crippen molar-refractivity contribution in [3.63, 3.8) is 0 Å². The minimum atomic E-state index is -0.664. The maximum Gasteiger partial charge on any atom is 0.253 e. The van der Waals surface area contributed by atoms with E-state index in [0.717, 1.165) is 21.8 Å². The molecule has 2 rings (SSSR count). The summed E-state index contributed by atoms with van der Waals surface area (Å²) in [6.07, 6.45) is 0.783. The molecule has 0 radical (unpaired) electrons. The van der Waals surface area contributed by atoms with Crippen molar-refractivity contribution in [3.05, 3.63) is 29.3 Å². The molecule has 1 aromatic rings. The quantitative estimate of drug-likeness (QED) is 0.377. The normalized spacial score (nSPS) is 14.9. The Morgan fingerprint density at radius 2 is 2.28 bits per heavy atom. The standard InChI is InChI=1S/C12H16N4O2/c1-16(14)12(18)9(13)5-7-2-3-10-8(4-7)6-11(17)15-10/h2-4,9H,5-6,13-14H2,1H3,(H,15,17). The Hall–Kier alpha value is -1.92. The summed E-state index contributed by atoms with van der Waals surface area (Å²) in [6, 6.07) is 4.92. The van der Waals surface area contributed by atoms with E-state index >= 15 is 0 Å². The van der Waals surface area contributed by atoms with Gasteiger partial charge in [-0.25, -0.2) is 5.84 Å². The fraction of sp³-hybridized carbons (Fsp3) is 0.333. The number of carbonyl (C=O) groups is 2. The molecule has 0 spiro atoms. The number of hydrogen-bond donors (Lipinski definition) is 3. The smallest absolute Gasteiger partial charge is 0.253 e. The summed E-state index contributed by atoms with van der Waals surface area (Å²) in [5.74, 6) is 5.02. The Morgan fingerprint density at radius 3 is 2.94 bits per heavy atom. The van der Waals surface area contributed by atoms with Crippen molar-refractivity contribution in [2.45, 2.75) is 18.9 Å². The van der Waals surface area contributed by atoms with E-state index in [4.69, 9.17) is 11.6 Å². The van der Waals surface area contributed by atoms with E-state index in [9.17, 15) is 9.59 Å². The van der Waals surface area contributed by atoms with Gasteiger partial charge < -0.3 is 11.1 Å². The lowest BCUT2D eigenvalue weighted by atomic mass is 10.0. The molecule has 96 valence electrons. The number of carbonyl (C=O) groups excluding carboxylic acids is 2. The van der Waals surface area contributed by atoms with Crippen LogP contribution in [0.4, 0.5) is 5.69 Å². The zero-order valence-corrected chi connectivity index (χ0v) is 10.1. The molecule has 5 N–H and O–H groups in total. The second-order valence-corrected chi connectivity index (χ2v) is 4.48. The molecule has 0 aliphatic carbocycles. The van der Waals surface area contributed by atoms with Crippen LogP contribution in [0, 0.1) is 0 Å². The van der Waals surface area contributed by atoms with E-state index in [1.165, 1.54) is 7.05 Å². The second kappa shape index (κ2) is 4.75. The Labute approximate surface area is 105 Å². The predicted octanol–water partition coefficient (Wildman–Crippen LogP) is -0.617. The third-order valence-corrected chi connectivity index (χ3v) is 2.92. The lowest BCUT2D eigenvalue weighted by molar-refractivity contribution is -0.131. The van der Waals surface area contributed by atoms with Crippen molar-refractivity contribution in [3.8, 4) is 0 Å². The first-order valence-electron chi connectivity index (χ1n) is 5.67. The van der Waals surface area contributed by atoms with E-state index in [0.29, 0.717) is 12.8 Å². The van der Waals surface area contributed by atoms with E-state index in [1.54, 1.807) is 0 Å². The molecule has 0 aromatic heterocycles. The minimum absolute atomic E-state index is 0.00998. The van der Waals surface area contributed by atoms with Gasteiger partial charge in [0.05, 0.1) is 12.5 Å². The van der Waals surface area contributed by atoms with Crippen LogP contribution in [0.3, 0.4) is 0 Å². The van der Waals surface area contributed by atoms with Gasteiger partial charge in [0, 0.05) is 12.7 Å². The van der Waals surface area contributed by atoms with Crippen LogP contribution < -0.4 is 16.9 Å². The summed E-state index contributed by atoms with van der Waals surface area (Å²) in [7, 11) is 1.47. The fourth-order valence-corrected chi connectivity index (χ4v) is 2.01. The van der Waals surface area contributed by atoms with Gasteiger partial charge in [-0.15, -0.1) is 0 Å². The average Bonchev–Trinajstić information content (AvgIpc) is 2.67. The maximum absolute atomic E-state index is 11.5. The summed E-state index contributed by atoms with van der Waals surface area (Å²) in [5, 5.41) is 3.74. The number of benzene rings is 1. The van der Waals surface area contributed by atoms with Gasteiger partial charge in [-0.3, -0.25) is 14.6 Å². The van der Waals surface area contributed by atoms with Crippen molar-refractivity contribution < 1.29 is 9.59 Å². The Balaban J connectivity index is 2.10. The van der Waals surface area contributed by atoms with Gasteiger partial charge in [-0.05, 0) is 23.6 Å². The molecule has 2 amide bonds. The Bertz CT molecular complexity index is 499. The third-order valence-electron chi connectivity index (χ3n) is 2.92. The fourth-order valence-electron chi connectivity index (χ4n) is 2.01. The lowest BCUT2D eigenvalue weighted by Crippen LogP contribution is -2.46. The van der Waals surface area contributed by atoms with E-state index in [-0.39, 0.29) is 11.8 Å². The molecule has 0 fully saturated rings. The molecular weight excluding hydrogens is 232 g/mol. The van der Waals surface area contributed by atoms with Crippen LogP contribution in [0.15, 0.2) is 18.2 Å². The van der Waals surface area contributed by atoms with E-state index in [1.807, 2.05) is 18.2 Å². The molecule has 1 unspecified atom stereocenters. The van der Waals surface area contributed by atoms with Gasteiger partial charge in [0.2, 0.25) is 5.91 Å².